The minimum Gasteiger partial charge on any atom is -0.459 e. The number of benzene rings is 1. The Kier molecular flexibility index (Phi) is 6.33. The Morgan fingerprint density at radius 1 is 0.970 bits per heavy atom. The lowest BCUT2D eigenvalue weighted by Gasteiger charge is -2.37. The molecular weight excluding hydrogens is 434 g/mol. The Bertz CT molecular complexity index is 1120. The minimum atomic E-state index is -0.102. The molecule has 6 nitrogen and oxygen atoms in total. The molecule has 0 spiro atoms. The molecule has 33 heavy (non-hydrogen) atoms. The van der Waals surface area contributed by atoms with Crippen molar-refractivity contribution in [2.45, 2.75) is 25.8 Å². The van der Waals surface area contributed by atoms with Crippen molar-refractivity contribution in [2.75, 3.05) is 39.3 Å². The molecule has 0 radical (unpaired) electrons. The molecule has 172 valence electrons. The number of nitrogens with zero attached hydrogens (tertiary/aromatic N) is 3. The third kappa shape index (κ3) is 4.48. The first-order valence-corrected chi connectivity index (χ1v) is 12.5. The Morgan fingerprint density at radius 3 is 2.61 bits per heavy atom. The lowest BCUT2D eigenvalue weighted by molar-refractivity contribution is -0.132. The van der Waals surface area contributed by atoms with E-state index in [1.54, 1.807) is 17.0 Å². The number of rotatable bonds is 4. The fourth-order valence-electron chi connectivity index (χ4n) is 5.00. The Labute approximate surface area is 198 Å². The molecule has 1 saturated heterocycles. The molecule has 0 unspecified atom stereocenters. The zero-order valence-corrected chi connectivity index (χ0v) is 19.7. The summed E-state index contributed by atoms with van der Waals surface area (Å²) in [5.74, 6) is 0.394. The van der Waals surface area contributed by atoms with Crippen LogP contribution in [0.25, 0.3) is 0 Å². The van der Waals surface area contributed by atoms with Crippen LogP contribution >= 0.6 is 11.3 Å². The van der Waals surface area contributed by atoms with Crippen molar-refractivity contribution in [3.8, 4) is 0 Å². The van der Waals surface area contributed by atoms with E-state index in [4.69, 9.17) is 4.42 Å². The number of carbonyl (C=O) groups excluding carboxylic acids is 2. The molecule has 1 aromatic carbocycles. The molecule has 2 aromatic heterocycles. The van der Waals surface area contributed by atoms with Crippen LogP contribution in [0.4, 0.5) is 0 Å². The SMILES string of the molecule is Cc1ccccc1[C@H]1c2ccsc2CCN1CC(=O)N1CCCN(C(=O)c2ccco2)CC1. The summed E-state index contributed by atoms with van der Waals surface area (Å²) in [4.78, 5) is 33.5. The fraction of sp³-hybridized carbons (Fsp3) is 0.385. The molecule has 7 heteroatoms. The van der Waals surface area contributed by atoms with Gasteiger partial charge in [0, 0.05) is 37.6 Å². The van der Waals surface area contributed by atoms with E-state index in [2.05, 4.69) is 47.5 Å². The third-order valence-corrected chi connectivity index (χ3v) is 7.75. The molecule has 2 amide bonds. The van der Waals surface area contributed by atoms with Gasteiger partial charge in [-0.2, -0.15) is 0 Å². The number of carbonyl (C=O) groups is 2. The van der Waals surface area contributed by atoms with Gasteiger partial charge in [0.1, 0.15) is 0 Å². The zero-order valence-electron chi connectivity index (χ0n) is 18.9. The van der Waals surface area contributed by atoms with E-state index in [0.717, 1.165) is 19.4 Å². The molecule has 0 aliphatic carbocycles. The van der Waals surface area contributed by atoms with Gasteiger partial charge < -0.3 is 14.2 Å². The van der Waals surface area contributed by atoms with Gasteiger partial charge in [0.15, 0.2) is 5.76 Å². The van der Waals surface area contributed by atoms with Gasteiger partial charge in [0.05, 0.1) is 18.8 Å². The topological polar surface area (TPSA) is 57.0 Å². The van der Waals surface area contributed by atoms with Crippen LogP contribution in [0, 0.1) is 6.92 Å². The van der Waals surface area contributed by atoms with Crippen molar-refractivity contribution in [1.82, 2.24) is 14.7 Å². The van der Waals surface area contributed by atoms with Crippen molar-refractivity contribution in [1.29, 1.82) is 0 Å². The summed E-state index contributed by atoms with van der Waals surface area (Å²) in [6.07, 6.45) is 3.27. The van der Waals surface area contributed by atoms with Gasteiger partial charge in [-0.1, -0.05) is 24.3 Å². The molecule has 5 rings (SSSR count). The van der Waals surface area contributed by atoms with Crippen LogP contribution in [0.2, 0.25) is 0 Å². The van der Waals surface area contributed by atoms with Crippen molar-refractivity contribution in [2.24, 2.45) is 0 Å². The van der Waals surface area contributed by atoms with Gasteiger partial charge in [0.2, 0.25) is 5.91 Å². The highest BCUT2D eigenvalue weighted by atomic mass is 32.1. The molecule has 1 fully saturated rings. The van der Waals surface area contributed by atoms with Crippen molar-refractivity contribution in [3.63, 3.8) is 0 Å². The van der Waals surface area contributed by atoms with E-state index in [9.17, 15) is 9.59 Å². The quantitative estimate of drug-likeness (QED) is 0.588. The van der Waals surface area contributed by atoms with Crippen molar-refractivity contribution >= 4 is 23.2 Å². The number of fused-ring (bicyclic) bond motifs is 1. The van der Waals surface area contributed by atoms with Gasteiger partial charge in [-0.3, -0.25) is 14.5 Å². The lowest BCUT2D eigenvalue weighted by atomic mass is 9.90. The van der Waals surface area contributed by atoms with Gasteiger partial charge in [-0.05, 0) is 60.0 Å². The molecule has 0 N–H and O–H groups in total. The number of hydrogen-bond acceptors (Lipinski definition) is 5. The normalized spacial score (nSPS) is 19.2. The van der Waals surface area contributed by atoms with Crippen molar-refractivity contribution in [3.05, 3.63) is 81.4 Å². The van der Waals surface area contributed by atoms with Gasteiger partial charge >= 0.3 is 0 Å². The van der Waals surface area contributed by atoms with Crippen LogP contribution in [0.5, 0.6) is 0 Å². The second-order valence-electron chi connectivity index (χ2n) is 8.78. The Morgan fingerprint density at radius 2 is 1.79 bits per heavy atom. The molecule has 2 aliphatic rings. The molecule has 0 saturated carbocycles. The number of aryl methyl sites for hydroxylation is 1. The van der Waals surface area contributed by atoms with Gasteiger partial charge in [-0.15, -0.1) is 11.3 Å². The lowest BCUT2D eigenvalue weighted by Crippen LogP contribution is -2.45. The van der Waals surface area contributed by atoms with Crippen LogP contribution < -0.4 is 0 Å². The van der Waals surface area contributed by atoms with E-state index in [1.807, 2.05) is 16.2 Å². The summed E-state index contributed by atoms with van der Waals surface area (Å²) >= 11 is 1.82. The molecule has 4 heterocycles. The first-order chi connectivity index (χ1) is 16.1. The zero-order chi connectivity index (χ0) is 22.8. The van der Waals surface area contributed by atoms with E-state index < -0.39 is 0 Å². The largest absolute Gasteiger partial charge is 0.459 e. The minimum absolute atomic E-state index is 0.102. The maximum absolute atomic E-state index is 13.4. The highest BCUT2D eigenvalue weighted by Crippen LogP contribution is 2.38. The van der Waals surface area contributed by atoms with E-state index >= 15 is 0 Å². The van der Waals surface area contributed by atoms with Crippen LogP contribution in [-0.4, -0.2) is 65.8 Å². The smallest absolute Gasteiger partial charge is 0.289 e. The predicted molar refractivity (Wildman–Crippen MR) is 128 cm³/mol. The summed E-state index contributed by atoms with van der Waals surface area (Å²) in [5.41, 5.74) is 3.86. The highest BCUT2D eigenvalue weighted by Gasteiger charge is 2.33. The number of thiophene rings is 1. The Balaban J connectivity index is 1.29. The molecular formula is C26H29N3O3S. The summed E-state index contributed by atoms with van der Waals surface area (Å²) < 4.78 is 5.27. The summed E-state index contributed by atoms with van der Waals surface area (Å²) in [6.45, 7) is 5.80. The maximum Gasteiger partial charge on any atom is 0.289 e. The monoisotopic (exact) mass is 463 g/mol. The maximum atomic E-state index is 13.4. The first-order valence-electron chi connectivity index (χ1n) is 11.6. The second-order valence-corrected chi connectivity index (χ2v) is 9.78. The summed E-state index contributed by atoms with van der Waals surface area (Å²) in [6, 6.07) is 14.2. The van der Waals surface area contributed by atoms with Crippen LogP contribution in [0.15, 0.2) is 58.5 Å². The van der Waals surface area contributed by atoms with E-state index in [0.29, 0.717) is 38.5 Å². The van der Waals surface area contributed by atoms with E-state index in [-0.39, 0.29) is 17.9 Å². The van der Waals surface area contributed by atoms with Gasteiger partial charge in [0.25, 0.3) is 5.91 Å². The first kappa shape index (κ1) is 21.9. The summed E-state index contributed by atoms with van der Waals surface area (Å²) in [5, 5.41) is 2.17. The number of hydrogen-bond donors (Lipinski definition) is 0. The van der Waals surface area contributed by atoms with E-state index in [1.165, 1.54) is 27.8 Å². The number of furan rings is 1. The molecule has 2 aliphatic heterocycles. The highest BCUT2D eigenvalue weighted by molar-refractivity contribution is 7.10. The van der Waals surface area contributed by atoms with Gasteiger partial charge in [-0.25, -0.2) is 0 Å². The average Bonchev–Trinajstić information content (AvgIpc) is 3.47. The number of amides is 2. The van der Waals surface area contributed by atoms with Crippen LogP contribution in [0.3, 0.4) is 0 Å². The van der Waals surface area contributed by atoms with Crippen molar-refractivity contribution < 1.29 is 14.0 Å². The average molecular weight is 464 g/mol. The second kappa shape index (κ2) is 9.53. The third-order valence-electron chi connectivity index (χ3n) is 6.75. The van der Waals surface area contributed by atoms with Crippen LogP contribution in [0.1, 0.15) is 44.6 Å². The molecule has 0 bridgehead atoms. The fourth-order valence-corrected chi connectivity index (χ4v) is 5.90. The summed E-state index contributed by atoms with van der Waals surface area (Å²) in [7, 11) is 0. The standard InChI is InChI=1S/C26H29N3O3S/c1-19-6-2-3-7-20(19)25-21-10-17-33-23(21)9-13-29(25)18-24(30)27-11-5-12-28(15-14-27)26(31)22-8-4-16-32-22/h2-4,6-8,10,16-17,25H,5,9,11-15,18H2,1H3/t25-/m0/s1. The predicted octanol–water partition coefficient (Wildman–Crippen LogP) is 3.97. The molecule has 3 aromatic rings. The van der Waals surface area contributed by atoms with Crippen LogP contribution in [-0.2, 0) is 11.2 Å². The Hall–Kier alpha value is -2.90. The molecule has 1 atom stereocenters.